The molecule has 0 bridgehead atoms. The van der Waals surface area contributed by atoms with E-state index in [1.54, 1.807) is 18.2 Å². The van der Waals surface area contributed by atoms with Crippen LogP contribution in [0.2, 0.25) is 0 Å². The number of aromatic carboxylic acids is 1. The minimum atomic E-state index is -1.15. The zero-order valence-corrected chi connectivity index (χ0v) is 18.3. The van der Waals surface area contributed by atoms with Crippen LogP contribution < -0.4 is 19.5 Å². The van der Waals surface area contributed by atoms with Gasteiger partial charge in [0.05, 0.1) is 27.0 Å². The SMILES string of the molecule is COc1cc(C2CC(=O)Nc3c2sc(C(=O)O)c3-c2cccc(F)c2)cc(OC)c1OC. The summed E-state index contributed by atoms with van der Waals surface area (Å²) >= 11 is 1.06. The van der Waals surface area contributed by atoms with Crippen molar-refractivity contribution >= 4 is 28.9 Å². The van der Waals surface area contributed by atoms with Crippen molar-refractivity contribution in [1.29, 1.82) is 0 Å². The molecule has 0 saturated carbocycles. The Kier molecular flexibility index (Phi) is 5.75. The number of carboxylic acid groups (broad SMARTS) is 1. The minimum absolute atomic E-state index is 0.0280. The molecule has 2 aromatic carbocycles. The Bertz CT molecular complexity index is 1200. The van der Waals surface area contributed by atoms with Crippen molar-refractivity contribution in [3.63, 3.8) is 0 Å². The molecule has 2 N–H and O–H groups in total. The van der Waals surface area contributed by atoms with Gasteiger partial charge in [-0.2, -0.15) is 0 Å². The molecule has 1 unspecified atom stereocenters. The summed E-state index contributed by atoms with van der Waals surface area (Å²) < 4.78 is 30.2. The number of ether oxygens (including phenoxy) is 3. The number of carbonyl (C=O) groups is 2. The second-order valence-corrected chi connectivity index (χ2v) is 8.18. The maximum Gasteiger partial charge on any atom is 0.346 e. The number of halogens is 1. The monoisotopic (exact) mass is 457 g/mol. The fourth-order valence-electron chi connectivity index (χ4n) is 3.93. The Labute approximate surface area is 187 Å². The standard InChI is InChI=1S/C23H20FNO6S/c1-29-15-8-12(9-16(30-2)20(15)31-3)14-10-17(26)25-19-18(11-5-4-6-13(24)7-11)22(23(27)28)32-21(14)19/h4-9,14H,10H2,1-3H3,(H,25,26)(H,27,28). The molecule has 0 fully saturated rings. The zero-order chi connectivity index (χ0) is 23.0. The van der Waals surface area contributed by atoms with Gasteiger partial charge in [-0.1, -0.05) is 12.1 Å². The van der Waals surface area contributed by atoms with Crippen molar-refractivity contribution in [3.05, 3.63) is 57.5 Å². The van der Waals surface area contributed by atoms with Gasteiger partial charge in [-0.15, -0.1) is 11.3 Å². The summed E-state index contributed by atoms with van der Waals surface area (Å²) in [5, 5.41) is 12.6. The van der Waals surface area contributed by atoms with E-state index in [0.717, 1.165) is 11.3 Å². The van der Waals surface area contributed by atoms with E-state index in [9.17, 15) is 19.1 Å². The van der Waals surface area contributed by atoms with Crippen LogP contribution in [-0.4, -0.2) is 38.3 Å². The van der Waals surface area contributed by atoms with Crippen LogP contribution in [0.3, 0.4) is 0 Å². The molecule has 0 aliphatic carbocycles. The molecule has 1 aliphatic heterocycles. The van der Waals surface area contributed by atoms with Gasteiger partial charge in [0.15, 0.2) is 11.5 Å². The van der Waals surface area contributed by atoms with Gasteiger partial charge in [-0.3, -0.25) is 4.79 Å². The average molecular weight is 457 g/mol. The number of anilines is 1. The lowest BCUT2D eigenvalue weighted by atomic mass is 9.88. The van der Waals surface area contributed by atoms with E-state index in [1.807, 2.05) is 0 Å². The van der Waals surface area contributed by atoms with Crippen molar-refractivity contribution in [2.45, 2.75) is 12.3 Å². The fourth-order valence-corrected chi connectivity index (χ4v) is 5.17. The van der Waals surface area contributed by atoms with Crippen LogP contribution in [-0.2, 0) is 4.79 Å². The quantitative estimate of drug-likeness (QED) is 0.555. The summed E-state index contributed by atoms with van der Waals surface area (Å²) in [5.41, 5.74) is 1.76. The van der Waals surface area contributed by atoms with E-state index in [2.05, 4.69) is 5.32 Å². The number of carboxylic acids is 1. The topological polar surface area (TPSA) is 94.1 Å². The van der Waals surface area contributed by atoms with Crippen molar-refractivity contribution in [1.82, 2.24) is 0 Å². The van der Waals surface area contributed by atoms with E-state index in [1.165, 1.54) is 39.5 Å². The third-order valence-electron chi connectivity index (χ3n) is 5.30. The van der Waals surface area contributed by atoms with Crippen LogP contribution in [0.1, 0.15) is 32.5 Å². The van der Waals surface area contributed by atoms with Crippen molar-refractivity contribution in [3.8, 4) is 28.4 Å². The number of hydrogen-bond donors (Lipinski definition) is 2. The first-order chi connectivity index (χ1) is 15.4. The molecule has 7 nitrogen and oxygen atoms in total. The lowest BCUT2D eigenvalue weighted by Gasteiger charge is -2.25. The molecule has 0 radical (unpaired) electrons. The summed E-state index contributed by atoms with van der Waals surface area (Å²) in [6, 6.07) is 9.14. The summed E-state index contributed by atoms with van der Waals surface area (Å²) in [5.74, 6) is -1.10. The van der Waals surface area contributed by atoms with Gasteiger partial charge in [0.2, 0.25) is 11.7 Å². The predicted octanol–water partition coefficient (Wildman–Crippen LogP) is 4.75. The van der Waals surface area contributed by atoms with E-state index in [4.69, 9.17) is 14.2 Å². The van der Waals surface area contributed by atoms with Gasteiger partial charge in [0, 0.05) is 22.8 Å². The van der Waals surface area contributed by atoms with Gasteiger partial charge in [-0.05, 0) is 35.4 Å². The molecule has 1 amide bonds. The highest BCUT2D eigenvalue weighted by Gasteiger charge is 2.35. The molecular weight excluding hydrogens is 437 g/mol. The third-order valence-corrected chi connectivity index (χ3v) is 6.59. The molecule has 1 aromatic heterocycles. The largest absolute Gasteiger partial charge is 0.493 e. The lowest BCUT2D eigenvalue weighted by molar-refractivity contribution is -0.116. The number of carbonyl (C=O) groups excluding carboxylic acids is 1. The average Bonchev–Trinajstić information content (AvgIpc) is 3.17. The maximum absolute atomic E-state index is 13.9. The van der Waals surface area contributed by atoms with Crippen molar-refractivity contribution in [2.75, 3.05) is 26.6 Å². The van der Waals surface area contributed by atoms with E-state index in [0.29, 0.717) is 44.5 Å². The Balaban J connectivity index is 1.94. The number of hydrogen-bond acceptors (Lipinski definition) is 6. The number of nitrogens with one attached hydrogen (secondary N) is 1. The molecule has 3 aromatic rings. The summed E-state index contributed by atoms with van der Waals surface area (Å²) in [6.07, 6.45) is 0.105. The Morgan fingerprint density at radius 1 is 1.12 bits per heavy atom. The summed E-state index contributed by atoms with van der Waals surface area (Å²) in [4.78, 5) is 25.4. The first-order valence-electron chi connectivity index (χ1n) is 9.63. The van der Waals surface area contributed by atoms with Crippen LogP contribution in [0.15, 0.2) is 36.4 Å². The number of methoxy groups -OCH3 is 3. The fraction of sp³-hybridized carbons (Fsp3) is 0.217. The second-order valence-electron chi connectivity index (χ2n) is 7.12. The molecule has 2 heterocycles. The first kappa shape index (κ1) is 21.6. The van der Waals surface area contributed by atoms with Gasteiger partial charge in [0.1, 0.15) is 10.7 Å². The molecule has 4 rings (SSSR count). The lowest BCUT2D eigenvalue weighted by Crippen LogP contribution is -2.22. The van der Waals surface area contributed by atoms with Gasteiger partial charge in [-0.25, -0.2) is 9.18 Å². The highest BCUT2D eigenvalue weighted by Crippen LogP contribution is 2.51. The highest BCUT2D eigenvalue weighted by molar-refractivity contribution is 7.15. The molecular formula is C23H20FNO6S. The van der Waals surface area contributed by atoms with E-state index in [-0.39, 0.29) is 17.2 Å². The first-order valence-corrected chi connectivity index (χ1v) is 10.4. The number of amides is 1. The van der Waals surface area contributed by atoms with Crippen molar-refractivity contribution in [2.24, 2.45) is 0 Å². The van der Waals surface area contributed by atoms with Gasteiger partial charge < -0.3 is 24.6 Å². The molecule has 9 heteroatoms. The molecule has 1 aliphatic rings. The van der Waals surface area contributed by atoms with Crippen LogP contribution in [0.4, 0.5) is 10.1 Å². The molecule has 166 valence electrons. The molecule has 0 saturated heterocycles. The normalized spacial score (nSPS) is 15.0. The molecule has 0 spiro atoms. The highest BCUT2D eigenvalue weighted by atomic mass is 32.1. The molecule has 32 heavy (non-hydrogen) atoms. The predicted molar refractivity (Wildman–Crippen MR) is 118 cm³/mol. The Hall–Kier alpha value is -3.59. The Morgan fingerprint density at radius 2 is 1.81 bits per heavy atom. The van der Waals surface area contributed by atoms with Crippen LogP contribution >= 0.6 is 11.3 Å². The minimum Gasteiger partial charge on any atom is -0.493 e. The summed E-state index contributed by atoms with van der Waals surface area (Å²) in [7, 11) is 4.49. The third kappa shape index (κ3) is 3.64. The van der Waals surface area contributed by atoms with Crippen LogP contribution in [0, 0.1) is 5.82 Å². The van der Waals surface area contributed by atoms with E-state index < -0.39 is 17.7 Å². The number of rotatable bonds is 6. The van der Waals surface area contributed by atoms with E-state index >= 15 is 0 Å². The maximum atomic E-state index is 13.9. The smallest absolute Gasteiger partial charge is 0.346 e. The van der Waals surface area contributed by atoms with Gasteiger partial charge in [0.25, 0.3) is 0 Å². The number of fused-ring (bicyclic) bond motifs is 1. The number of thiophene rings is 1. The van der Waals surface area contributed by atoms with Crippen LogP contribution in [0.5, 0.6) is 17.2 Å². The van der Waals surface area contributed by atoms with Gasteiger partial charge >= 0.3 is 5.97 Å². The van der Waals surface area contributed by atoms with Crippen LogP contribution in [0.25, 0.3) is 11.1 Å². The summed E-state index contributed by atoms with van der Waals surface area (Å²) in [6.45, 7) is 0. The number of benzene rings is 2. The Morgan fingerprint density at radius 3 is 2.38 bits per heavy atom. The second kappa shape index (κ2) is 8.51. The zero-order valence-electron chi connectivity index (χ0n) is 17.5. The molecule has 1 atom stereocenters. The van der Waals surface area contributed by atoms with Crippen molar-refractivity contribution < 1.29 is 33.3 Å².